The van der Waals surface area contributed by atoms with E-state index in [4.69, 9.17) is 0 Å². The molecule has 1 atom stereocenters. The zero-order chi connectivity index (χ0) is 22.1. The number of fused-ring (bicyclic) bond motifs is 3. The van der Waals surface area contributed by atoms with Crippen LogP contribution in [0.3, 0.4) is 0 Å². The Labute approximate surface area is 189 Å². The predicted molar refractivity (Wildman–Crippen MR) is 129 cm³/mol. The minimum absolute atomic E-state index is 0.107. The van der Waals surface area contributed by atoms with Gasteiger partial charge in [0.05, 0.1) is 18.3 Å². The highest BCUT2D eigenvalue weighted by Gasteiger charge is 2.32. The number of aromatic nitrogens is 1. The van der Waals surface area contributed by atoms with E-state index in [1.165, 1.54) is 11.1 Å². The van der Waals surface area contributed by atoms with E-state index in [1.54, 1.807) is 0 Å². The minimum Gasteiger partial charge on any atom is -0.318 e. The van der Waals surface area contributed by atoms with Crippen LogP contribution in [0.4, 0.5) is 10.5 Å². The molecule has 0 saturated heterocycles. The Bertz CT molecular complexity index is 1240. The number of urea groups is 1. The fraction of sp³-hybridized carbons (Fsp3) is 0.179. The van der Waals surface area contributed by atoms with Crippen LogP contribution >= 0.6 is 0 Å². The lowest BCUT2D eigenvalue weighted by atomic mass is 10.0. The number of rotatable bonds is 3. The van der Waals surface area contributed by atoms with Crippen molar-refractivity contribution in [3.63, 3.8) is 0 Å². The number of amides is 2. The van der Waals surface area contributed by atoms with Crippen molar-refractivity contribution in [3.05, 3.63) is 119 Å². The number of nitrogens with one attached hydrogen (secondary N) is 1. The number of hydrogen-bond donors (Lipinski definition) is 1. The maximum atomic E-state index is 13.7. The molecule has 0 unspecified atom stereocenters. The highest BCUT2D eigenvalue weighted by atomic mass is 16.2. The molecular formula is C28H27N3O. The Morgan fingerprint density at radius 2 is 1.69 bits per heavy atom. The number of benzene rings is 3. The fourth-order valence-electron chi connectivity index (χ4n) is 4.46. The largest absolute Gasteiger partial charge is 0.322 e. The standard InChI is InChI=1S/C28H27N3O/c1-3-21-12-16-24(17-13-21)29-28(32)31-19-23-7-4-5-8-25(23)30-18-6-9-26(30)27(31)22-14-10-20(2)11-15-22/h4-18,27H,3,19H2,1-2H3,(H,29,32)/t27-/m1/s1. The number of nitrogens with zero attached hydrogens (tertiary/aromatic N) is 2. The van der Waals surface area contributed by atoms with Gasteiger partial charge in [-0.15, -0.1) is 0 Å². The first-order valence-electron chi connectivity index (χ1n) is 11.1. The van der Waals surface area contributed by atoms with Gasteiger partial charge in [0.15, 0.2) is 0 Å². The first kappa shape index (κ1) is 20.1. The first-order chi connectivity index (χ1) is 15.6. The topological polar surface area (TPSA) is 37.3 Å². The van der Waals surface area contributed by atoms with E-state index in [9.17, 15) is 4.79 Å². The summed E-state index contributed by atoms with van der Waals surface area (Å²) in [5.41, 5.74) is 7.68. The van der Waals surface area contributed by atoms with Crippen LogP contribution in [0.15, 0.2) is 91.1 Å². The summed E-state index contributed by atoms with van der Waals surface area (Å²) >= 11 is 0. The first-order valence-corrected chi connectivity index (χ1v) is 11.1. The second-order valence-corrected chi connectivity index (χ2v) is 8.35. The SMILES string of the molecule is CCc1ccc(NC(=O)N2Cc3ccccc3-n3cccc3[C@H]2c2ccc(C)cc2)cc1. The van der Waals surface area contributed by atoms with Gasteiger partial charge in [-0.3, -0.25) is 0 Å². The fourth-order valence-corrected chi connectivity index (χ4v) is 4.46. The lowest BCUT2D eigenvalue weighted by molar-refractivity contribution is 0.194. The summed E-state index contributed by atoms with van der Waals surface area (Å²) in [6, 6.07) is 28.7. The van der Waals surface area contributed by atoms with E-state index in [0.717, 1.165) is 34.6 Å². The highest BCUT2D eigenvalue weighted by molar-refractivity contribution is 5.90. The molecule has 3 aromatic carbocycles. The molecule has 1 aliphatic heterocycles. The van der Waals surface area contributed by atoms with E-state index in [2.05, 4.69) is 96.7 Å². The smallest absolute Gasteiger partial charge is 0.318 e. The molecule has 1 aromatic heterocycles. The van der Waals surface area contributed by atoms with Gasteiger partial charge in [0, 0.05) is 17.6 Å². The molecule has 1 aliphatic rings. The third-order valence-corrected chi connectivity index (χ3v) is 6.23. The van der Waals surface area contributed by atoms with E-state index in [1.807, 2.05) is 23.1 Å². The molecule has 2 heterocycles. The molecule has 0 saturated carbocycles. The molecule has 4 aromatic rings. The quantitative estimate of drug-likeness (QED) is 0.404. The minimum atomic E-state index is -0.201. The van der Waals surface area contributed by atoms with E-state index < -0.39 is 0 Å². The van der Waals surface area contributed by atoms with Crippen LogP contribution < -0.4 is 5.32 Å². The molecule has 0 fully saturated rings. The van der Waals surface area contributed by atoms with E-state index >= 15 is 0 Å². The highest BCUT2D eigenvalue weighted by Crippen LogP contribution is 2.37. The van der Waals surface area contributed by atoms with Crippen LogP contribution in [-0.4, -0.2) is 15.5 Å². The van der Waals surface area contributed by atoms with E-state index in [0.29, 0.717) is 6.54 Å². The summed E-state index contributed by atoms with van der Waals surface area (Å²) in [7, 11) is 0. The van der Waals surface area contributed by atoms with Crippen molar-refractivity contribution in [2.75, 3.05) is 5.32 Å². The summed E-state index contributed by atoms with van der Waals surface area (Å²) in [5.74, 6) is 0. The normalized spacial score (nSPS) is 14.9. The lowest BCUT2D eigenvalue weighted by Crippen LogP contribution is -2.37. The van der Waals surface area contributed by atoms with Crippen molar-refractivity contribution >= 4 is 11.7 Å². The molecule has 4 nitrogen and oxygen atoms in total. The van der Waals surface area contributed by atoms with Crippen molar-refractivity contribution in [1.82, 2.24) is 9.47 Å². The molecular weight excluding hydrogens is 394 g/mol. The monoisotopic (exact) mass is 421 g/mol. The second kappa shape index (κ2) is 8.39. The molecule has 5 rings (SSSR count). The maximum absolute atomic E-state index is 13.7. The van der Waals surface area contributed by atoms with Crippen LogP contribution in [-0.2, 0) is 13.0 Å². The van der Waals surface area contributed by atoms with Crippen molar-refractivity contribution in [3.8, 4) is 5.69 Å². The van der Waals surface area contributed by atoms with Crippen LogP contribution in [0.25, 0.3) is 5.69 Å². The third-order valence-electron chi connectivity index (χ3n) is 6.23. The molecule has 160 valence electrons. The van der Waals surface area contributed by atoms with Crippen molar-refractivity contribution in [1.29, 1.82) is 0 Å². The summed E-state index contributed by atoms with van der Waals surface area (Å²) in [4.78, 5) is 15.6. The number of carbonyl (C=O) groups excluding carboxylic acids is 1. The second-order valence-electron chi connectivity index (χ2n) is 8.35. The van der Waals surface area contributed by atoms with Gasteiger partial charge in [0.25, 0.3) is 0 Å². The van der Waals surface area contributed by atoms with Gasteiger partial charge < -0.3 is 14.8 Å². The number of carbonyl (C=O) groups is 1. The lowest BCUT2D eigenvalue weighted by Gasteiger charge is -2.31. The predicted octanol–water partition coefficient (Wildman–Crippen LogP) is 6.49. The summed E-state index contributed by atoms with van der Waals surface area (Å²) in [5, 5.41) is 3.13. The number of para-hydroxylation sites is 1. The summed E-state index contributed by atoms with van der Waals surface area (Å²) in [6.45, 7) is 4.73. The number of anilines is 1. The van der Waals surface area contributed by atoms with Crippen molar-refractivity contribution in [2.45, 2.75) is 32.9 Å². The van der Waals surface area contributed by atoms with Gasteiger partial charge >= 0.3 is 6.03 Å². The molecule has 2 amide bonds. The number of hydrogen-bond acceptors (Lipinski definition) is 1. The van der Waals surface area contributed by atoms with Crippen molar-refractivity contribution in [2.24, 2.45) is 0 Å². The average Bonchev–Trinajstić information content (AvgIpc) is 3.25. The summed E-state index contributed by atoms with van der Waals surface area (Å²) in [6.07, 6.45) is 3.06. The average molecular weight is 422 g/mol. The number of aryl methyl sites for hydroxylation is 2. The van der Waals surface area contributed by atoms with Gasteiger partial charge in [-0.1, -0.05) is 67.1 Å². The Kier molecular flexibility index (Phi) is 5.28. The third kappa shape index (κ3) is 3.69. The summed E-state index contributed by atoms with van der Waals surface area (Å²) < 4.78 is 2.21. The van der Waals surface area contributed by atoms with Gasteiger partial charge in [-0.25, -0.2) is 4.79 Å². The zero-order valence-corrected chi connectivity index (χ0v) is 18.5. The Morgan fingerprint density at radius 1 is 0.938 bits per heavy atom. The Balaban J connectivity index is 1.59. The van der Waals surface area contributed by atoms with Crippen LogP contribution in [0.5, 0.6) is 0 Å². The van der Waals surface area contributed by atoms with E-state index in [-0.39, 0.29) is 12.1 Å². The van der Waals surface area contributed by atoms with Crippen LogP contribution in [0.1, 0.15) is 40.9 Å². The molecule has 0 radical (unpaired) electrons. The van der Waals surface area contributed by atoms with Crippen LogP contribution in [0, 0.1) is 6.92 Å². The molecule has 4 heteroatoms. The molecule has 0 spiro atoms. The molecule has 32 heavy (non-hydrogen) atoms. The van der Waals surface area contributed by atoms with Gasteiger partial charge in [0.2, 0.25) is 0 Å². The zero-order valence-electron chi connectivity index (χ0n) is 18.5. The molecule has 1 N–H and O–H groups in total. The van der Waals surface area contributed by atoms with Gasteiger partial charge in [-0.2, -0.15) is 0 Å². The van der Waals surface area contributed by atoms with Crippen LogP contribution in [0.2, 0.25) is 0 Å². The van der Waals surface area contributed by atoms with Crippen molar-refractivity contribution < 1.29 is 4.79 Å². The Morgan fingerprint density at radius 3 is 2.44 bits per heavy atom. The maximum Gasteiger partial charge on any atom is 0.322 e. The van der Waals surface area contributed by atoms with Gasteiger partial charge in [-0.05, 0) is 60.4 Å². The molecule has 0 aliphatic carbocycles. The Hall–Kier alpha value is -3.79. The van der Waals surface area contributed by atoms with Gasteiger partial charge in [0.1, 0.15) is 0 Å². The molecule has 0 bridgehead atoms.